The maximum absolute atomic E-state index is 5.96. The van der Waals surface area contributed by atoms with Gasteiger partial charge in [0.15, 0.2) is 11.5 Å². The van der Waals surface area contributed by atoms with Crippen LogP contribution in [0.5, 0.6) is 0 Å². The molecule has 1 fully saturated rings. The van der Waals surface area contributed by atoms with Crippen molar-refractivity contribution in [2.45, 2.75) is 18.9 Å². The van der Waals surface area contributed by atoms with E-state index in [0.29, 0.717) is 5.65 Å². The molecular formula is C9H13N7. The number of aromatic nitrogens is 5. The van der Waals surface area contributed by atoms with Gasteiger partial charge in [-0.25, -0.2) is 0 Å². The second-order valence-corrected chi connectivity index (χ2v) is 4.06. The summed E-state index contributed by atoms with van der Waals surface area (Å²) in [5.41, 5.74) is 6.62. The van der Waals surface area contributed by atoms with E-state index in [0.717, 1.165) is 31.7 Å². The molecule has 84 valence electrons. The van der Waals surface area contributed by atoms with E-state index in [2.05, 4.69) is 25.4 Å². The molecule has 1 aliphatic heterocycles. The summed E-state index contributed by atoms with van der Waals surface area (Å²) in [6, 6.07) is 0.223. The normalized spacial score (nSPS) is 21.6. The number of nitrogens with zero attached hydrogens (tertiary/aromatic N) is 6. The highest BCUT2D eigenvalue weighted by atomic mass is 15.5. The Morgan fingerprint density at radius 1 is 1.38 bits per heavy atom. The van der Waals surface area contributed by atoms with Crippen LogP contribution >= 0.6 is 0 Å². The Labute approximate surface area is 92.3 Å². The topological polar surface area (TPSA) is 85.2 Å². The molecule has 0 aliphatic carbocycles. The SMILES string of the molecule is NC1CCCN(c2cncc3nnnn23)C1. The van der Waals surface area contributed by atoms with Crippen LogP contribution in [0.25, 0.3) is 5.65 Å². The van der Waals surface area contributed by atoms with Gasteiger partial charge in [0, 0.05) is 19.1 Å². The molecule has 0 spiro atoms. The van der Waals surface area contributed by atoms with Gasteiger partial charge in [0.2, 0.25) is 0 Å². The number of nitrogens with two attached hydrogens (primary N) is 1. The van der Waals surface area contributed by atoms with Gasteiger partial charge in [-0.2, -0.15) is 4.52 Å². The molecular weight excluding hydrogens is 206 g/mol. The fourth-order valence-electron chi connectivity index (χ4n) is 2.10. The highest BCUT2D eigenvalue weighted by Gasteiger charge is 2.19. The van der Waals surface area contributed by atoms with E-state index >= 15 is 0 Å². The summed E-state index contributed by atoms with van der Waals surface area (Å²) in [6.07, 6.45) is 5.60. The van der Waals surface area contributed by atoms with Crippen molar-refractivity contribution in [2.75, 3.05) is 18.0 Å². The van der Waals surface area contributed by atoms with Crippen LogP contribution in [0.4, 0.5) is 5.82 Å². The van der Waals surface area contributed by atoms with Gasteiger partial charge in [-0.15, -0.1) is 5.10 Å². The van der Waals surface area contributed by atoms with Crippen LogP contribution in [0.3, 0.4) is 0 Å². The second kappa shape index (κ2) is 3.67. The van der Waals surface area contributed by atoms with Gasteiger partial charge >= 0.3 is 0 Å². The largest absolute Gasteiger partial charge is 0.354 e. The van der Waals surface area contributed by atoms with Crippen molar-refractivity contribution >= 4 is 11.5 Å². The van der Waals surface area contributed by atoms with Crippen LogP contribution in [0.2, 0.25) is 0 Å². The van der Waals surface area contributed by atoms with Crippen LogP contribution in [0.1, 0.15) is 12.8 Å². The molecule has 1 aliphatic rings. The molecule has 0 amide bonds. The predicted molar refractivity (Wildman–Crippen MR) is 58.0 cm³/mol. The Hall–Kier alpha value is -1.76. The van der Waals surface area contributed by atoms with E-state index in [-0.39, 0.29) is 6.04 Å². The van der Waals surface area contributed by atoms with Crippen molar-refractivity contribution in [1.29, 1.82) is 0 Å². The van der Waals surface area contributed by atoms with E-state index in [1.54, 1.807) is 16.9 Å². The minimum Gasteiger partial charge on any atom is -0.354 e. The minimum absolute atomic E-state index is 0.223. The number of fused-ring (bicyclic) bond motifs is 1. The lowest BCUT2D eigenvalue weighted by Gasteiger charge is -2.31. The fourth-order valence-corrected chi connectivity index (χ4v) is 2.10. The number of tetrazole rings is 1. The van der Waals surface area contributed by atoms with E-state index in [4.69, 9.17) is 5.73 Å². The number of anilines is 1. The molecule has 3 rings (SSSR count). The Kier molecular flexibility index (Phi) is 2.17. The lowest BCUT2D eigenvalue weighted by molar-refractivity contribution is 0.499. The molecule has 1 atom stereocenters. The van der Waals surface area contributed by atoms with Crippen molar-refractivity contribution in [1.82, 2.24) is 25.0 Å². The molecule has 0 bridgehead atoms. The highest BCUT2D eigenvalue weighted by molar-refractivity contribution is 5.46. The summed E-state index contributed by atoms with van der Waals surface area (Å²) in [5.74, 6) is 0.914. The van der Waals surface area contributed by atoms with Gasteiger partial charge in [0.05, 0.1) is 12.4 Å². The van der Waals surface area contributed by atoms with Gasteiger partial charge in [-0.05, 0) is 23.3 Å². The Morgan fingerprint density at radius 2 is 2.31 bits per heavy atom. The van der Waals surface area contributed by atoms with Crippen molar-refractivity contribution in [3.8, 4) is 0 Å². The van der Waals surface area contributed by atoms with Gasteiger partial charge < -0.3 is 10.6 Å². The fraction of sp³-hybridized carbons (Fsp3) is 0.556. The smallest absolute Gasteiger partial charge is 0.199 e. The van der Waals surface area contributed by atoms with Gasteiger partial charge in [0.1, 0.15) is 0 Å². The maximum atomic E-state index is 5.96. The minimum atomic E-state index is 0.223. The van der Waals surface area contributed by atoms with Crippen molar-refractivity contribution < 1.29 is 0 Å². The van der Waals surface area contributed by atoms with E-state index in [1.807, 2.05) is 0 Å². The lowest BCUT2D eigenvalue weighted by atomic mass is 10.1. The molecule has 1 saturated heterocycles. The van der Waals surface area contributed by atoms with Gasteiger partial charge in [-0.3, -0.25) is 4.98 Å². The number of hydrogen-bond donors (Lipinski definition) is 1. The Morgan fingerprint density at radius 3 is 3.19 bits per heavy atom. The average molecular weight is 219 g/mol. The average Bonchev–Trinajstić information content (AvgIpc) is 2.76. The summed E-state index contributed by atoms with van der Waals surface area (Å²) < 4.78 is 1.70. The van der Waals surface area contributed by atoms with Crippen LogP contribution < -0.4 is 10.6 Å². The third-order valence-corrected chi connectivity index (χ3v) is 2.87. The summed E-state index contributed by atoms with van der Waals surface area (Å²) in [4.78, 5) is 6.32. The molecule has 2 aromatic heterocycles. The van der Waals surface area contributed by atoms with Gasteiger partial charge in [0.25, 0.3) is 0 Å². The Bertz CT molecular complexity index is 493. The van der Waals surface area contributed by atoms with Crippen LogP contribution in [0.15, 0.2) is 12.4 Å². The third kappa shape index (κ3) is 1.49. The predicted octanol–water partition coefficient (Wildman–Crippen LogP) is -0.553. The molecule has 7 heteroatoms. The quantitative estimate of drug-likeness (QED) is 0.692. The standard InChI is InChI=1S/C9H13N7/c10-7-2-1-3-15(6-7)9-5-11-4-8-12-13-14-16(8)9/h4-5,7H,1-3,6,10H2. The first-order valence-electron chi connectivity index (χ1n) is 5.37. The van der Waals surface area contributed by atoms with E-state index in [9.17, 15) is 0 Å². The number of rotatable bonds is 1. The first-order valence-corrected chi connectivity index (χ1v) is 5.37. The maximum Gasteiger partial charge on any atom is 0.199 e. The molecule has 3 heterocycles. The summed E-state index contributed by atoms with van der Waals surface area (Å²) in [6.45, 7) is 1.81. The highest BCUT2D eigenvalue weighted by Crippen LogP contribution is 2.17. The molecule has 0 saturated carbocycles. The zero-order chi connectivity index (χ0) is 11.0. The summed E-state index contributed by atoms with van der Waals surface area (Å²) in [7, 11) is 0. The molecule has 0 radical (unpaired) electrons. The lowest BCUT2D eigenvalue weighted by Crippen LogP contribution is -2.43. The first-order chi connectivity index (χ1) is 7.84. The third-order valence-electron chi connectivity index (χ3n) is 2.87. The van der Waals surface area contributed by atoms with Crippen LogP contribution in [-0.4, -0.2) is 44.2 Å². The monoisotopic (exact) mass is 219 g/mol. The summed E-state index contributed by atoms with van der Waals surface area (Å²) >= 11 is 0. The van der Waals surface area contributed by atoms with E-state index < -0.39 is 0 Å². The van der Waals surface area contributed by atoms with Crippen molar-refractivity contribution in [3.63, 3.8) is 0 Å². The van der Waals surface area contributed by atoms with Crippen molar-refractivity contribution in [2.24, 2.45) is 5.73 Å². The molecule has 7 nitrogen and oxygen atoms in total. The molecule has 1 unspecified atom stereocenters. The number of hydrogen-bond acceptors (Lipinski definition) is 6. The number of piperidine rings is 1. The molecule has 16 heavy (non-hydrogen) atoms. The summed E-state index contributed by atoms with van der Waals surface area (Å²) in [5, 5.41) is 11.5. The zero-order valence-corrected chi connectivity index (χ0v) is 8.82. The molecule has 0 aromatic carbocycles. The van der Waals surface area contributed by atoms with Crippen LogP contribution in [-0.2, 0) is 0 Å². The molecule has 2 N–H and O–H groups in total. The molecule has 2 aromatic rings. The van der Waals surface area contributed by atoms with Crippen molar-refractivity contribution in [3.05, 3.63) is 12.4 Å². The first kappa shape index (κ1) is 9.46. The van der Waals surface area contributed by atoms with Gasteiger partial charge in [-0.1, -0.05) is 0 Å². The zero-order valence-electron chi connectivity index (χ0n) is 8.82. The van der Waals surface area contributed by atoms with Crippen LogP contribution in [0, 0.1) is 0 Å². The second-order valence-electron chi connectivity index (χ2n) is 4.06. The van der Waals surface area contributed by atoms with E-state index in [1.165, 1.54) is 0 Å². The Balaban J connectivity index is 2.01.